The highest BCUT2D eigenvalue weighted by Gasteiger charge is 2.25. The van der Waals surface area contributed by atoms with Crippen LogP contribution in [0.4, 0.5) is 4.79 Å². The number of nitrogens with one attached hydrogen (secondary N) is 2. The maximum atomic E-state index is 11.4. The molecule has 0 radical (unpaired) electrons. The van der Waals surface area contributed by atoms with E-state index in [-0.39, 0.29) is 6.03 Å². The summed E-state index contributed by atoms with van der Waals surface area (Å²) in [6.45, 7) is 2.10. The summed E-state index contributed by atoms with van der Waals surface area (Å²) in [7, 11) is 0. The summed E-state index contributed by atoms with van der Waals surface area (Å²) in [5, 5.41) is 5.99. The topological polar surface area (TPSA) is 41.1 Å². The van der Waals surface area contributed by atoms with Crippen LogP contribution in [0.25, 0.3) is 0 Å². The first-order chi connectivity index (χ1) is 6.74. The Balaban J connectivity index is 1.59. The van der Waals surface area contributed by atoms with E-state index in [4.69, 9.17) is 0 Å². The molecule has 2 N–H and O–H groups in total. The van der Waals surface area contributed by atoms with Gasteiger partial charge in [-0.25, -0.2) is 4.79 Å². The Hall–Kier alpha value is -0.730. The molecule has 14 heavy (non-hydrogen) atoms. The van der Waals surface area contributed by atoms with Crippen molar-refractivity contribution in [3.63, 3.8) is 0 Å². The first-order valence-electron chi connectivity index (χ1n) is 5.81. The lowest BCUT2D eigenvalue weighted by Gasteiger charge is -2.27. The summed E-state index contributed by atoms with van der Waals surface area (Å²) in [5.74, 6) is 0.883. The lowest BCUT2D eigenvalue weighted by molar-refractivity contribution is 0.224. The molecular weight excluding hydrogens is 176 g/mol. The Morgan fingerprint density at radius 1 is 1.36 bits per heavy atom. The summed E-state index contributed by atoms with van der Waals surface area (Å²) in [5.41, 5.74) is 0. The van der Waals surface area contributed by atoms with Crippen molar-refractivity contribution < 1.29 is 4.79 Å². The molecule has 0 aromatic heterocycles. The Morgan fingerprint density at radius 2 is 2.07 bits per heavy atom. The molecule has 2 aliphatic rings. The Labute approximate surface area is 85.6 Å². The largest absolute Gasteiger partial charge is 0.336 e. The van der Waals surface area contributed by atoms with Crippen molar-refractivity contribution in [2.45, 2.75) is 57.5 Å². The van der Waals surface area contributed by atoms with Gasteiger partial charge >= 0.3 is 6.03 Å². The van der Waals surface area contributed by atoms with Crippen molar-refractivity contribution >= 4 is 6.03 Å². The van der Waals surface area contributed by atoms with Crippen LogP contribution < -0.4 is 10.6 Å². The van der Waals surface area contributed by atoms with Gasteiger partial charge in [-0.15, -0.1) is 0 Å². The van der Waals surface area contributed by atoms with E-state index in [0.717, 1.165) is 25.2 Å². The summed E-state index contributed by atoms with van der Waals surface area (Å²) in [6.07, 6.45) is 7.45. The van der Waals surface area contributed by atoms with Crippen LogP contribution >= 0.6 is 0 Å². The number of rotatable bonds is 4. The van der Waals surface area contributed by atoms with E-state index < -0.39 is 0 Å². The van der Waals surface area contributed by atoms with E-state index in [2.05, 4.69) is 17.6 Å². The van der Waals surface area contributed by atoms with Gasteiger partial charge in [-0.3, -0.25) is 0 Å². The molecule has 0 bridgehead atoms. The first-order valence-corrected chi connectivity index (χ1v) is 5.81. The van der Waals surface area contributed by atoms with Crippen LogP contribution in [0.15, 0.2) is 0 Å². The van der Waals surface area contributed by atoms with Crippen LogP contribution in [0, 0.1) is 5.92 Å². The Bertz CT molecular complexity index is 209. The molecule has 2 saturated carbocycles. The van der Waals surface area contributed by atoms with Gasteiger partial charge in [0.05, 0.1) is 0 Å². The number of carbonyl (C=O) groups is 1. The minimum Gasteiger partial charge on any atom is -0.336 e. The number of amides is 2. The average molecular weight is 196 g/mol. The molecule has 2 amide bonds. The molecule has 0 aromatic carbocycles. The van der Waals surface area contributed by atoms with E-state index in [9.17, 15) is 4.79 Å². The molecule has 2 fully saturated rings. The van der Waals surface area contributed by atoms with Crippen LogP contribution in [-0.2, 0) is 0 Å². The summed E-state index contributed by atoms with van der Waals surface area (Å²) >= 11 is 0. The monoisotopic (exact) mass is 196 g/mol. The van der Waals surface area contributed by atoms with E-state index >= 15 is 0 Å². The van der Waals surface area contributed by atoms with Crippen LogP contribution in [0.2, 0.25) is 0 Å². The molecule has 2 rings (SSSR count). The molecule has 2 aliphatic carbocycles. The number of urea groups is 1. The van der Waals surface area contributed by atoms with Crippen molar-refractivity contribution in [3.8, 4) is 0 Å². The second kappa shape index (κ2) is 4.20. The minimum absolute atomic E-state index is 0.0304. The smallest absolute Gasteiger partial charge is 0.315 e. The maximum Gasteiger partial charge on any atom is 0.315 e. The Morgan fingerprint density at radius 3 is 2.57 bits per heavy atom. The second-order valence-electron chi connectivity index (χ2n) is 4.83. The SMILES string of the molecule is CC(CC1CC1)NC(=O)NC1CCC1. The average Bonchev–Trinajstić information content (AvgIpc) is 2.80. The van der Waals surface area contributed by atoms with Crippen LogP contribution in [-0.4, -0.2) is 18.1 Å². The van der Waals surface area contributed by atoms with E-state index in [1.165, 1.54) is 19.3 Å². The zero-order valence-electron chi connectivity index (χ0n) is 8.88. The van der Waals surface area contributed by atoms with Gasteiger partial charge in [0, 0.05) is 12.1 Å². The highest BCUT2D eigenvalue weighted by molar-refractivity contribution is 5.74. The zero-order valence-corrected chi connectivity index (χ0v) is 8.88. The summed E-state index contributed by atoms with van der Waals surface area (Å²) in [4.78, 5) is 11.4. The van der Waals surface area contributed by atoms with Crippen molar-refractivity contribution in [2.24, 2.45) is 5.92 Å². The lowest BCUT2D eigenvalue weighted by Crippen LogP contribution is -2.47. The van der Waals surface area contributed by atoms with E-state index in [1.807, 2.05) is 0 Å². The van der Waals surface area contributed by atoms with Crippen LogP contribution in [0.3, 0.4) is 0 Å². The van der Waals surface area contributed by atoms with Crippen molar-refractivity contribution in [2.75, 3.05) is 0 Å². The molecule has 0 aromatic rings. The normalized spacial score (nSPS) is 23.8. The third kappa shape index (κ3) is 2.89. The van der Waals surface area contributed by atoms with Crippen molar-refractivity contribution in [1.82, 2.24) is 10.6 Å². The lowest BCUT2D eigenvalue weighted by atomic mass is 9.93. The number of hydrogen-bond acceptors (Lipinski definition) is 1. The van der Waals surface area contributed by atoms with Gasteiger partial charge in [-0.1, -0.05) is 12.8 Å². The second-order valence-corrected chi connectivity index (χ2v) is 4.83. The molecule has 1 atom stereocenters. The molecule has 0 aliphatic heterocycles. The standard InChI is InChI=1S/C11H20N2O/c1-8(7-9-5-6-9)12-11(14)13-10-3-2-4-10/h8-10H,2-7H2,1H3,(H2,12,13,14). The fourth-order valence-electron chi connectivity index (χ4n) is 1.92. The molecule has 80 valence electrons. The van der Waals surface area contributed by atoms with E-state index in [1.54, 1.807) is 0 Å². The van der Waals surface area contributed by atoms with Gasteiger partial charge in [-0.2, -0.15) is 0 Å². The van der Waals surface area contributed by atoms with Crippen LogP contribution in [0.1, 0.15) is 45.4 Å². The van der Waals surface area contributed by atoms with Gasteiger partial charge in [0.15, 0.2) is 0 Å². The highest BCUT2D eigenvalue weighted by atomic mass is 16.2. The molecule has 0 heterocycles. The predicted molar refractivity (Wildman–Crippen MR) is 56.1 cm³/mol. The van der Waals surface area contributed by atoms with Gasteiger partial charge in [0.1, 0.15) is 0 Å². The fraction of sp³-hybridized carbons (Fsp3) is 0.909. The maximum absolute atomic E-state index is 11.4. The summed E-state index contributed by atoms with van der Waals surface area (Å²) < 4.78 is 0. The van der Waals surface area contributed by atoms with Gasteiger partial charge in [0.2, 0.25) is 0 Å². The van der Waals surface area contributed by atoms with Gasteiger partial charge < -0.3 is 10.6 Å². The van der Waals surface area contributed by atoms with E-state index in [0.29, 0.717) is 12.1 Å². The quantitative estimate of drug-likeness (QED) is 0.709. The predicted octanol–water partition coefficient (Wildman–Crippen LogP) is 2.03. The number of hydrogen-bond donors (Lipinski definition) is 2. The van der Waals surface area contributed by atoms with Crippen molar-refractivity contribution in [1.29, 1.82) is 0 Å². The molecule has 3 heteroatoms. The first kappa shape index (κ1) is 9.81. The number of carbonyl (C=O) groups excluding carboxylic acids is 1. The third-order valence-electron chi connectivity index (χ3n) is 3.20. The molecular formula is C11H20N2O. The molecule has 0 spiro atoms. The third-order valence-corrected chi connectivity index (χ3v) is 3.20. The highest BCUT2D eigenvalue weighted by Crippen LogP contribution is 2.33. The van der Waals surface area contributed by atoms with Crippen molar-refractivity contribution in [3.05, 3.63) is 0 Å². The zero-order chi connectivity index (χ0) is 9.97. The molecule has 3 nitrogen and oxygen atoms in total. The molecule has 0 saturated heterocycles. The minimum atomic E-state index is 0.0304. The van der Waals surface area contributed by atoms with Crippen LogP contribution in [0.5, 0.6) is 0 Å². The summed E-state index contributed by atoms with van der Waals surface area (Å²) in [6, 6.07) is 0.813. The molecule has 1 unspecified atom stereocenters. The van der Waals surface area contributed by atoms with Gasteiger partial charge in [-0.05, 0) is 38.5 Å². The van der Waals surface area contributed by atoms with Gasteiger partial charge in [0.25, 0.3) is 0 Å². The fourth-order valence-corrected chi connectivity index (χ4v) is 1.92. The Kier molecular flexibility index (Phi) is 2.94.